The fourth-order valence-electron chi connectivity index (χ4n) is 5.46. The van der Waals surface area contributed by atoms with Crippen molar-refractivity contribution >= 4 is 18.9 Å². The zero-order valence-corrected chi connectivity index (χ0v) is 26.7. The van der Waals surface area contributed by atoms with Crippen LogP contribution >= 0.6 is 7.60 Å². The summed E-state index contributed by atoms with van der Waals surface area (Å²) in [4.78, 5) is 4.26. The predicted octanol–water partition coefficient (Wildman–Crippen LogP) is 7.45. The van der Waals surface area contributed by atoms with Crippen molar-refractivity contribution in [2.24, 2.45) is 0 Å². The molecule has 5 aromatic rings. The Balaban J connectivity index is 1.56. The van der Waals surface area contributed by atoms with Crippen LogP contribution in [0.2, 0.25) is 0 Å². The molecular formula is C34H38FN4O5P. The van der Waals surface area contributed by atoms with Crippen LogP contribution in [0.4, 0.5) is 10.2 Å². The van der Waals surface area contributed by atoms with Gasteiger partial charge in [-0.1, -0.05) is 72.8 Å². The lowest BCUT2D eigenvalue weighted by atomic mass is 9.77. The van der Waals surface area contributed by atoms with Crippen molar-refractivity contribution in [3.63, 3.8) is 0 Å². The minimum absolute atomic E-state index is 0.187. The number of nitrogens with one attached hydrogen (secondary N) is 1. The van der Waals surface area contributed by atoms with Crippen LogP contribution in [-0.4, -0.2) is 47.4 Å². The van der Waals surface area contributed by atoms with Crippen LogP contribution in [0.5, 0.6) is 5.75 Å². The topological polar surface area (TPSA) is 96.2 Å². The van der Waals surface area contributed by atoms with Gasteiger partial charge in [-0.2, -0.15) is 9.37 Å². The molecule has 2 aromatic heterocycles. The molecule has 45 heavy (non-hydrogen) atoms. The first-order valence-corrected chi connectivity index (χ1v) is 16.6. The van der Waals surface area contributed by atoms with Gasteiger partial charge < -0.3 is 23.8 Å². The van der Waals surface area contributed by atoms with Crippen molar-refractivity contribution in [2.45, 2.75) is 38.8 Å². The third-order valence-corrected chi connectivity index (χ3v) is 9.24. The van der Waals surface area contributed by atoms with Gasteiger partial charge in [-0.3, -0.25) is 4.57 Å². The number of hydrogen-bond donors (Lipinski definition) is 1. The summed E-state index contributed by atoms with van der Waals surface area (Å²) in [6, 6.07) is 31.4. The minimum Gasteiger partial charge on any atom is -0.497 e. The molecule has 0 spiro atoms. The number of hydrogen-bond acceptors (Lipinski definition) is 8. The molecule has 1 atom stereocenters. The molecule has 0 radical (unpaired) electrons. The first-order chi connectivity index (χ1) is 21.8. The average molecular weight is 633 g/mol. The standard InChI is InChI=1S/C34H38FN4O5P/c1-5-43-45(40,44-6-2)24-42-25(3)23-29-19-22-31-32(36-33(35)38-39(29)31)37-34(26-13-9-7-10-14-26,27-15-11-8-12-16-27)28-17-20-30(41-4)21-18-28/h7-22,25H,5-6,23-24H2,1-4H3,(H,36,37,38). The molecule has 2 heterocycles. The summed E-state index contributed by atoms with van der Waals surface area (Å²) in [5.41, 5.74) is 3.08. The fraction of sp³-hybridized carbons (Fsp3) is 0.294. The second-order valence-corrected chi connectivity index (χ2v) is 12.4. The smallest absolute Gasteiger partial charge is 0.356 e. The highest BCUT2D eigenvalue weighted by molar-refractivity contribution is 7.53. The molecule has 3 aromatic carbocycles. The van der Waals surface area contributed by atoms with E-state index >= 15 is 4.39 Å². The van der Waals surface area contributed by atoms with E-state index in [-0.39, 0.29) is 25.7 Å². The average Bonchev–Trinajstić information content (AvgIpc) is 3.46. The number of rotatable bonds is 15. The lowest BCUT2D eigenvalue weighted by Crippen LogP contribution is -2.38. The van der Waals surface area contributed by atoms with E-state index in [2.05, 4.69) is 15.4 Å². The Morgan fingerprint density at radius 2 is 1.44 bits per heavy atom. The molecule has 0 saturated carbocycles. The van der Waals surface area contributed by atoms with E-state index in [9.17, 15) is 4.57 Å². The number of fused-ring (bicyclic) bond motifs is 1. The lowest BCUT2D eigenvalue weighted by Gasteiger charge is -2.37. The van der Waals surface area contributed by atoms with Crippen LogP contribution in [0.15, 0.2) is 97.1 Å². The zero-order valence-electron chi connectivity index (χ0n) is 25.9. The van der Waals surface area contributed by atoms with Crippen LogP contribution in [0.3, 0.4) is 0 Å². The van der Waals surface area contributed by atoms with Gasteiger partial charge in [0.25, 0.3) is 0 Å². The summed E-state index contributed by atoms with van der Waals surface area (Å²) in [6.45, 7) is 5.84. The third kappa shape index (κ3) is 7.10. The lowest BCUT2D eigenvalue weighted by molar-refractivity contribution is 0.0769. The number of halogens is 1. The number of anilines is 1. The SMILES string of the molecule is CCOP(=O)(COC(C)Cc1ccc2c(NC(c3ccccc3)(c3ccccc3)c3ccc(OC)cc3)nc(F)nn12)OCC. The summed E-state index contributed by atoms with van der Waals surface area (Å²) in [5.74, 6) is 1.03. The highest BCUT2D eigenvalue weighted by Crippen LogP contribution is 2.48. The second-order valence-electron chi connectivity index (χ2n) is 10.4. The highest BCUT2D eigenvalue weighted by Gasteiger charge is 2.38. The van der Waals surface area contributed by atoms with Gasteiger partial charge in [0.1, 0.15) is 23.2 Å². The van der Waals surface area contributed by atoms with Crippen LogP contribution in [0.1, 0.15) is 43.2 Å². The van der Waals surface area contributed by atoms with Crippen molar-refractivity contribution in [2.75, 3.05) is 32.0 Å². The first kappa shape index (κ1) is 32.3. The maximum absolute atomic E-state index is 15.2. The molecule has 0 amide bonds. The zero-order chi connectivity index (χ0) is 31.9. The maximum atomic E-state index is 15.2. The van der Waals surface area contributed by atoms with Gasteiger partial charge >= 0.3 is 13.7 Å². The van der Waals surface area contributed by atoms with Crippen molar-refractivity contribution in [3.05, 3.63) is 126 Å². The Labute approximate surface area is 262 Å². The Morgan fingerprint density at radius 1 is 0.867 bits per heavy atom. The molecule has 0 aliphatic carbocycles. The van der Waals surface area contributed by atoms with Crippen molar-refractivity contribution in [1.29, 1.82) is 0 Å². The number of ether oxygens (including phenoxy) is 2. The quantitative estimate of drug-likeness (QED) is 0.0939. The summed E-state index contributed by atoms with van der Waals surface area (Å²) in [6.07, 6.45) is -1.10. The highest BCUT2D eigenvalue weighted by atomic mass is 31.2. The summed E-state index contributed by atoms with van der Waals surface area (Å²) >= 11 is 0. The Hall–Kier alpha value is -4.08. The van der Waals surface area contributed by atoms with E-state index in [1.807, 2.05) is 104 Å². The molecule has 1 unspecified atom stereocenters. The number of nitrogens with zero attached hydrogens (tertiary/aromatic N) is 3. The van der Waals surface area contributed by atoms with Crippen LogP contribution in [0.25, 0.3) is 5.52 Å². The van der Waals surface area contributed by atoms with Gasteiger partial charge in [-0.05, 0) is 61.7 Å². The Bertz CT molecular complexity index is 1690. The van der Waals surface area contributed by atoms with Crippen LogP contribution in [-0.2, 0) is 30.3 Å². The molecular weight excluding hydrogens is 594 g/mol. The summed E-state index contributed by atoms with van der Waals surface area (Å²) in [5, 5.41) is 7.76. The molecule has 0 saturated heterocycles. The molecule has 9 nitrogen and oxygen atoms in total. The third-order valence-electron chi connectivity index (χ3n) is 7.47. The van der Waals surface area contributed by atoms with E-state index in [1.54, 1.807) is 21.0 Å². The Morgan fingerprint density at radius 3 is 2.00 bits per heavy atom. The van der Waals surface area contributed by atoms with Gasteiger partial charge in [-0.15, -0.1) is 5.10 Å². The molecule has 236 valence electrons. The van der Waals surface area contributed by atoms with Gasteiger partial charge in [0, 0.05) is 12.1 Å². The molecule has 0 fully saturated rings. The second kappa shape index (κ2) is 14.3. The normalized spacial score (nSPS) is 12.7. The predicted molar refractivity (Wildman–Crippen MR) is 172 cm³/mol. The van der Waals surface area contributed by atoms with Gasteiger partial charge in [-0.25, -0.2) is 4.52 Å². The number of methoxy groups -OCH3 is 1. The van der Waals surface area contributed by atoms with Crippen molar-refractivity contribution in [3.8, 4) is 5.75 Å². The maximum Gasteiger partial charge on any atom is 0.356 e. The largest absolute Gasteiger partial charge is 0.497 e. The van der Waals surface area contributed by atoms with Crippen molar-refractivity contribution in [1.82, 2.24) is 14.6 Å². The van der Waals surface area contributed by atoms with Gasteiger partial charge in [0.2, 0.25) is 0 Å². The summed E-state index contributed by atoms with van der Waals surface area (Å²) < 4.78 is 51.7. The van der Waals surface area contributed by atoms with E-state index < -0.39 is 19.2 Å². The molecule has 5 rings (SSSR count). The van der Waals surface area contributed by atoms with Crippen LogP contribution in [0, 0.1) is 6.08 Å². The van der Waals surface area contributed by atoms with Crippen LogP contribution < -0.4 is 10.1 Å². The van der Waals surface area contributed by atoms with Gasteiger partial charge in [0.15, 0.2) is 5.82 Å². The molecule has 0 aliphatic rings. The van der Waals surface area contributed by atoms with E-state index in [1.165, 1.54) is 4.52 Å². The molecule has 11 heteroatoms. The van der Waals surface area contributed by atoms with E-state index in [0.717, 1.165) is 22.4 Å². The monoisotopic (exact) mass is 632 g/mol. The molecule has 0 aliphatic heterocycles. The molecule has 0 bridgehead atoms. The first-order valence-electron chi connectivity index (χ1n) is 14.9. The summed E-state index contributed by atoms with van der Waals surface area (Å²) in [7, 11) is -1.75. The van der Waals surface area contributed by atoms with Gasteiger partial charge in [0.05, 0.1) is 26.4 Å². The fourth-order valence-corrected chi connectivity index (χ4v) is 6.91. The van der Waals surface area contributed by atoms with E-state index in [4.69, 9.17) is 18.5 Å². The Kier molecular flexibility index (Phi) is 10.3. The number of aromatic nitrogens is 3. The minimum atomic E-state index is -3.38. The number of benzene rings is 3. The molecule has 1 N–H and O–H groups in total. The van der Waals surface area contributed by atoms with Crippen molar-refractivity contribution < 1.29 is 27.5 Å². The van der Waals surface area contributed by atoms with E-state index in [0.29, 0.717) is 23.4 Å².